The zero-order valence-electron chi connectivity index (χ0n) is 17.4. The van der Waals surface area contributed by atoms with Crippen LogP contribution in [-0.2, 0) is 16.2 Å². The van der Waals surface area contributed by atoms with Crippen LogP contribution in [0.4, 0.5) is 0 Å². The van der Waals surface area contributed by atoms with Crippen molar-refractivity contribution in [1.82, 2.24) is 4.90 Å². The summed E-state index contributed by atoms with van der Waals surface area (Å²) in [6, 6.07) is 12.9. The molecule has 0 saturated heterocycles. The average Bonchev–Trinajstić information content (AvgIpc) is 2.72. The Morgan fingerprint density at radius 3 is 2.40 bits per heavy atom. The maximum absolute atomic E-state index is 12.4. The zero-order valence-corrected chi connectivity index (χ0v) is 18.9. The lowest BCUT2D eigenvalue weighted by Gasteiger charge is -2.17. The van der Waals surface area contributed by atoms with Crippen LogP contribution in [0.2, 0.25) is 0 Å². The first-order chi connectivity index (χ1) is 14.3. The predicted molar refractivity (Wildman–Crippen MR) is 120 cm³/mol. The van der Waals surface area contributed by atoms with Gasteiger partial charge in [0.25, 0.3) is 0 Å². The molecule has 0 bridgehead atoms. The highest BCUT2D eigenvalue weighted by Gasteiger charge is 2.13. The second-order valence-electron chi connectivity index (χ2n) is 6.56. The van der Waals surface area contributed by atoms with Crippen LogP contribution in [0.3, 0.4) is 0 Å². The molecular weight excluding hydrogens is 450 g/mol. The van der Waals surface area contributed by atoms with E-state index in [4.69, 9.17) is 14.6 Å². The molecule has 30 heavy (non-hydrogen) atoms. The molecule has 0 heterocycles. The molecule has 0 radical (unpaired) electrons. The summed E-state index contributed by atoms with van der Waals surface area (Å²) in [6.07, 6.45) is 1.57. The topological polar surface area (TPSA) is 76.1 Å². The van der Waals surface area contributed by atoms with Crippen molar-refractivity contribution in [2.75, 3.05) is 19.7 Å². The number of halogens is 1. The number of nitrogens with zero attached hydrogens (tertiary/aromatic N) is 1. The Morgan fingerprint density at radius 1 is 1.07 bits per heavy atom. The van der Waals surface area contributed by atoms with Gasteiger partial charge in [-0.25, -0.2) is 4.79 Å². The Labute approximate surface area is 185 Å². The van der Waals surface area contributed by atoms with Crippen molar-refractivity contribution in [2.45, 2.75) is 27.4 Å². The van der Waals surface area contributed by atoms with Gasteiger partial charge in [0.05, 0.1) is 0 Å². The highest BCUT2D eigenvalue weighted by atomic mass is 79.9. The number of likely N-dealkylation sites (N-methyl/N-ethyl adjacent to an activating group) is 1. The van der Waals surface area contributed by atoms with Crippen LogP contribution in [0.25, 0.3) is 5.57 Å². The zero-order chi connectivity index (χ0) is 22.1. The van der Waals surface area contributed by atoms with Crippen LogP contribution in [-0.4, -0.2) is 41.6 Å². The van der Waals surface area contributed by atoms with Gasteiger partial charge < -0.3 is 19.5 Å². The Balaban J connectivity index is 2.27. The average molecular weight is 476 g/mol. The molecule has 6 nitrogen and oxygen atoms in total. The molecule has 2 rings (SSSR count). The smallest absolute Gasteiger partial charge is 0.341 e. The summed E-state index contributed by atoms with van der Waals surface area (Å²) in [5, 5.41) is 8.99. The van der Waals surface area contributed by atoms with Crippen molar-refractivity contribution in [1.29, 1.82) is 0 Å². The summed E-state index contributed by atoms with van der Waals surface area (Å²) in [5.41, 5.74) is 2.46. The number of aliphatic carboxylic acids is 1. The Morgan fingerprint density at radius 2 is 1.77 bits per heavy atom. The molecule has 0 fully saturated rings. The van der Waals surface area contributed by atoms with Gasteiger partial charge in [0.1, 0.15) is 6.61 Å². The molecule has 0 atom stereocenters. The number of carbonyl (C=O) groups excluding carboxylic acids is 1. The van der Waals surface area contributed by atoms with Crippen molar-refractivity contribution in [2.24, 2.45) is 0 Å². The summed E-state index contributed by atoms with van der Waals surface area (Å²) in [5.74, 6) is -0.412. The van der Waals surface area contributed by atoms with Gasteiger partial charge in [0.2, 0.25) is 5.91 Å². The monoisotopic (exact) mass is 475 g/mol. The number of hydrogen-bond donors (Lipinski definition) is 1. The third kappa shape index (κ3) is 6.62. The molecule has 1 amide bonds. The summed E-state index contributed by atoms with van der Waals surface area (Å²) >= 11 is 3.48. The molecule has 0 spiro atoms. The van der Waals surface area contributed by atoms with E-state index < -0.39 is 12.6 Å². The Kier molecular flexibility index (Phi) is 8.92. The number of ether oxygens (including phenoxy) is 2. The van der Waals surface area contributed by atoms with Crippen LogP contribution in [0.1, 0.15) is 31.9 Å². The highest BCUT2D eigenvalue weighted by molar-refractivity contribution is 9.10. The number of allylic oxidation sites excluding steroid dienone is 1. The van der Waals surface area contributed by atoms with E-state index in [2.05, 4.69) is 15.9 Å². The minimum absolute atomic E-state index is 0.0697. The van der Waals surface area contributed by atoms with E-state index in [9.17, 15) is 9.59 Å². The summed E-state index contributed by atoms with van der Waals surface area (Å²) in [7, 11) is 0. The molecule has 1 N–H and O–H groups in total. The van der Waals surface area contributed by atoms with E-state index in [-0.39, 0.29) is 5.91 Å². The molecular formula is C23H26BrNO5. The van der Waals surface area contributed by atoms with Gasteiger partial charge in [-0.1, -0.05) is 40.2 Å². The van der Waals surface area contributed by atoms with Gasteiger partial charge in [-0.15, -0.1) is 0 Å². The fraction of sp³-hybridized carbons (Fsp3) is 0.304. The van der Waals surface area contributed by atoms with Gasteiger partial charge in [-0.05, 0) is 50.1 Å². The first kappa shape index (κ1) is 23.5. The number of carbonyl (C=O) groups is 2. The van der Waals surface area contributed by atoms with E-state index in [1.807, 2.05) is 51.1 Å². The SMILES string of the molecule is CCN(CC)C(=O)C=C(C)c1ccc(OCc2ccccc2Br)c(OCC(=O)O)c1. The minimum atomic E-state index is -1.08. The number of amides is 1. The largest absolute Gasteiger partial charge is 0.485 e. The van der Waals surface area contributed by atoms with Gasteiger partial charge in [-0.2, -0.15) is 0 Å². The Bertz CT molecular complexity index is 922. The lowest BCUT2D eigenvalue weighted by atomic mass is 10.1. The first-order valence-electron chi connectivity index (χ1n) is 9.68. The molecule has 2 aromatic carbocycles. The standard InChI is InChI=1S/C23H26BrNO5/c1-4-25(5-2)22(26)12-16(3)17-10-11-20(21(13-17)30-15-23(27)28)29-14-18-8-6-7-9-19(18)24/h6-13H,4-5,14-15H2,1-3H3,(H,27,28). The molecule has 2 aromatic rings. The molecule has 0 aromatic heterocycles. The third-order valence-corrected chi connectivity index (χ3v) is 5.28. The maximum Gasteiger partial charge on any atom is 0.341 e. The quantitative estimate of drug-likeness (QED) is 0.501. The van der Waals surface area contributed by atoms with Crippen LogP contribution in [0.15, 0.2) is 53.0 Å². The lowest BCUT2D eigenvalue weighted by Crippen LogP contribution is -2.28. The molecule has 0 saturated carbocycles. The fourth-order valence-electron chi connectivity index (χ4n) is 2.79. The number of benzene rings is 2. The van der Waals surface area contributed by atoms with Crippen molar-refractivity contribution in [3.8, 4) is 11.5 Å². The molecule has 160 valence electrons. The minimum Gasteiger partial charge on any atom is -0.485 e. The van der Waals surface area contributed by atoms with Crippen LogP contribution in [0.5, 0.6) is 11.5 Å². The second kappa shape index (κ2) is 11.4. The van der Waals surface area contributed by atoms with Crippen molar-refractivity contribution < 1.29 is 24.2 Å². The maximum atomic E-state index is 12.4. The molecule has 0 unspecified atom stereocenters. The normalized spacial score (nSPS) is 11.1. The lowest BCUT2D eigenvalue weighted by molar-refractivity contribution is -0.139. The molecule has 0 aliphatic heterocycles. The van der Waals surface area contributed by atoms with Gasteiger partial charge in [0.15, 0.2) is 18.1 Å². The number of carboxylic acids is 1. The molecule has 7 heteroatoms. The summed E-state index contributed by atoms with van der Waals surface area (Å²) < 4.78 is 12.2. The van der Waals surface area contributed by atoms with Crippen molar-refractivity contribution in [3.05, 3.63) is 64.1 Å². The van der Waals surface area contributed by atoms with E-state index >= 15 is 0 Å². The van der Waals surface area contributed by atoms with Gasteiger partial charge in [0, 0.05) is 29.2 Å². The van der Waals surface area contributed by atoms with E-state index in [0.29, 0.717) is 31.2 Å². The van der Waals surface area contributed by atoms with Gasteiger partial charge >= 0.3 is 5.97 Å². The van der Waals surface area contributed by atoms with Crippen LogP contribution in [0, 0.1) is 0 Å². The number of hydrogen-bond acceptors (Lipinski definition) is 4. The summed E-state index contributed by atoms with van der Waals surface area (Å²) in [6.45, 7) is 6.76. The first-order valence-corrected chi connectivity index (χ1v) is 10.5. The number of rotatable bonds is 10. The fourth-order valence-corrected chi connectivity index (χ4v) is 3.19. The molecule has 0 aliphatic carbocycles. The molecule has 0 aliphatic rings. The van der Waals surface area contributed by atoms with Crippen molar-refractivity contribution in [3.63, 3.8) is 0 Å². The predicted octanol–water partition coefficient (Wildman–Crippen LogP) is 4.76. The highest BCUT2D eigenvalue weighted by Crippen LogP contribution is 2.32. The summed E-state index contributed by atoms with van der Waals surface area (Å²) in [4.78, 5) is 25.1. The van der Waals surface area contributed by atoms with E-state index in [1.165, 1.54) is 0 Å². The number of carboxylic acid groups (broad SMARTS) is 1. The second-order valence-corrected chi connectivity index (χ2v) is 7.42. The van der Waals surface area contributed by atoms with Gasteiger partial charge in [-0.3, -0.25) is 4.79 Å². The Hall–Kier alpha value is -2.80. The van der Waals surface area contributed by atoms with E-state index in [1.54, 1.807) is 23.1 Å². The van der Waals surface area contributed by atoms with E-state index in [0.717, 1.165) is 21.2 Å². The van der Waals surface area contributed by atoms with Crippen LogP contribution >= 0.6 is 15.9 Å². The van der Waals surface area contributed by atoms with Crippen LogP contribution < -0.4 is 9.47 Å². The van der Waals surface area contributed by atoms with Crippen molar-refractivity contribution >= 4 is 33.4 Å². The third-order valence-electron chi connectivity index (χ3n) is 4.51.